The minimum absolute atomic E-state index is 0.113. The van der Waals surface area contributed by atoms with Crippen molar-refractivity contribution in [3.05, 3.63) is 64.7 Å². The first-order chi connectivity index (χ1) is 17.7. The predicted molar refractivity (Wildman–Crippen MR) is 151 cm³/mol. The molecule has 206 valence electrons. The van der Waals surface area contributed by atoms with Crippen LogP contribution in [0.5, 0.6) is 0 Å². The number of alkyl carbamates (subject to hydrolysis) is 1. The summed E-state index contributed by atoms with van der Waals surface area (Å²) in [5.41, 5.74) is 3.64. The topological polar surface area (TPSA) is 87.7 Å². The van der Waals surface area contributed by atoms with Gasteiger partial charge in [0.2, 0.25) is 5.91 Å². The van der Waals surface area contributed by atoms with Crippen LogP contribution in [0.4, 0.5) is 10.5 Å². The lowest BCUT2D eigenvalue weighted by Crippen LogP contribution is -2.55. The zero-order valence-corrected chi connectivity index (χ0v) is 24.2. The second-order valence-corrected chi connectivity index (χ2v) is 11.9. The highest BCUT2D eigenvalue weighted by Gasteiger charge is 2.49. The van der Waals surface area contributed by atoms with E-state index in [1.807, 2.05) is 77.1 Å². The molecule has 1 aliphatic rings. The zero-order valence-electron chi connectivity index (χ0n) is 24.2. The second kappa shape index (κ2) is 11.6. The van der Waals surface area contributed by atoms with Crippen LogP contribution in [0.3, 0.4) is 0 Å². The number of hydrogen-bond donors (Lipinski definition) is 2. The lowest BCUT2D eigenvalue weighted by Gasteiger charge is -2.36. The first-order valence-corrected chi connectivity index (χ1v) is 13.5. The van der Waals surface area contributed by atoms with Crippen molar-refractivity contribution in [3.8, 4) is 0 Å². The van der Waals surface area contributed by atoms with E-state index in [1.165, 1.54) is 0 Å². The molecule has 1 fully saturated rings. The number of aryl methyl sites for hydroxylation is 3. The van der Waals surface area contributed by atoms with Gasteiger partial charge in [0.25, 0.3) is 5.91 Å². The van der Waals surface area contributed by atoms with Crippen molar-refractivity contribution < 1.29 is 19.1 Å². The average molecular weight is 522 g/mol. The number of nitrogens with one attached hydrogen (secondary N) is 2. The Hall–Kier alpha value is -3.35. The minimum atomic E-state index is -0.862. The molecule has 38 heavy (non-hydrogen) atoms. The van der Waals surface area contributed by atoms with Crippen molar-refractivity contribution in [1.29, 1.82) is 0 Å². The summed E-state index contributed by atoms with van der Waals surface area (Å²) in [7, 11) is 0. The summed E-state index contributed by atoms with van der Waals surface area (Å²) in [5.74, 6) is -0.535. The predicted octanol–water partition coefficient (Wildman–Crippen LogP) is 6.08. The first-order valence-electron chi connectivity index (χ1n) is 13.5. The Labute approximate surface area is 227 Å². The number of nitrogens with zero attached hydrogens (tertiary/aromatic N) is 1. The molecule has 0 aromatic heterocycles. The standard InChI is InChI=1S/C31H43N3O4/c1-18(2)25(33-30(37)38-31(7,8)9)29(36)34(24-17-22(24)6)27(23-16-11-10-13-19(23)3)28(35)32-26-20(4)14-12-15-21(26)5/h10-16,18,22,24-25,27H,17H2,1-9H3,(H,32,35)(H,33,37). The number of rotatable bonds is 8. The van der Waals surface area contributed by atoms with Gasteiger partial charge in [0, 0.05) is 11.7 Å². The third-order valence-electron chi connectivity index (χ3n) is 7.02. The largest absolute Gasteiger partial charge is 0.444 e. The van der Waals surface area contributed by atoms with Crippen LogP contribution in [0.25, 0.3) is 0 Å². The molecule has 0 radical (unpaired) electrons. The van der Waals surface area contributed by atoms with Crippen molar-refractivity contribution in [2.24, 2.45) is 11.8 Å². The van der Waals surface area contributed by atoms with E-state index in [-0.39, 0.29) is 29.7 Å². The molecule has 0 saturated heterocycles. The van der Waals surface area contributed by atoms with E-state index in [9.17, 15) is 14.4 Å². The van der Waals surface area contributed by atoms with Crippen LogP contribution in [-0.2, 0) is 14.3 Å². The van der Waals surface area contributed by atoms with Gasteiger partial charge in [-0.3, -0.25) is 9.59 Å². The lowest BCUT2D eigenvalue weighted by atomic mass is 9.95. The number of carbonyl (C=O) groups excluding carboxylic acids is 3. The SMILES string of the molecule is Cc1ccccc1C(C(=O)Nc1c(C)cccc1C)N(C(=O)C(NC(=O)OC(C)(C)C)C(C)C)C1CC1C. The van der Waals surface area contributed by atoms with Gasteiger partial charge < -0.3 is 20.3 Å². The monoisotopic (exact) mass is 521 g/mol. The number of carbonyl (C=O) groups is 3. The maximum absolute atomic E-state index is 14.3. The molecule has 0 spiro atoms. The molecule has 1 saturated carbocycles. The van der Waals surface area contributed by atoms with Crippen LogP contribution in [-0.4, -0.2) is 40.5 Å². The van der Waals surface area contributed by atoms with E-state index in [0.29, 0.717) is 0 Å². The molecule has 2 aromatic carbocycles. The van der Waals surface area contributed by atoms with Gasteiger partial charge in [-0.25, -0.2) is 4.79 Å². The summed E-state index contributed by atoms with van der Waals surface area (Å²) in [6.45, 7) is 17.0. The Morgan fingerprint density at radius 2 is 1.50 bits per heavy atom. The smallest absolute Gasteiger partial charge is 0.408 e. The Morgan fingerprint density at radius 3 is 2.00 bits per heavy atom. The molecule has 2 aromatic rings. The van der Waals surface area contributed by atoms with Gasteiger partial charge in [-0.05, 0) is 82.1 Å². The summed E-state index contributed by atoms with van der Waals surface area (Å²) in [4.78, 5) is 42.9. The lowest BCUT2D eigenvalue weighted by molar-refractivity contribution is -0.142. The Balaban J connectivity index is 2.06. The molecule has 2 N–H and O–H groups in total. The van der Waals surface area contributed by atoms with E-state index in [1.54, 1.807) is 25.7 Å². The van der Waals surface area contributed by atoms with Gasteiger partial charge >= 0.3 is 6.09 Å². The molecule has 4 unspecified atom stereocenters. The molecule has 3 amide bonds. The van der Waals surface area contributed by atoms with E-state index >= 15 is 0 Å². The van der Waals surface area contributed by atoms with Gasteiger partial charge in [0.05, 0.1) is 0 Å². The quantitative estimate of drug-likeness (QED) is 0.441. The molecule has 0 bridgehead atoms. The van der Waals surface area contributed by atoms with Crippen LogP contribution in [0.2, 0.25) is 0 Å². The van der Waals surface area contributed by atoms with Crippen molar-refractivity contribution in [2.75, 3.05) is 5.32 Å². The molecular weight excluding hydrogens is 478 g/mol. The maximum atomic E-state index is 14.3. The van der Waals surface area contributed by atoms with Gasteiger partial charge in [-0.2, -0.15) is 0 Å². The minimum Gasteiger partial charge on any atom is -0.444 e. The summed E-state index contributed by atoms with van der Waals surface area (Å²) in [6, 6.07) is 11.7. The Bertz CT molecular complexity index is 1160. The fourth-order valence-corrected chi connectivity index (χ4v) is 4.80. The number of benzene rings is 2. The highest BCUT2D eigenvalue weighted by molar-refractivity contribution is 6.00. The van der Waals surface area contributed by atoms with Crippen LogP contribution in [0, 0.1) is 32.6 Å². The van der Waals surface area contributed by atoms with E-state index in [4.69, 9.17) is 4.74 Å². The molecule has 4 atom stereocenters. The van der Waals surface area contributed by atoms with Crippen LogP contribution in [0.1, 0.15) is 76.3 Å². The highest BCUT2D eigenvalue weighted by atomic mass is 16.6. The normalized spacial score (nSPS) is 18.4. The zero-order chi connectivity index (χ0) is 28.4. The number of amides is 3. The van der Waals surface area contributed by atoms with Crippen molar-refractivity contribution >= 4 is 23.6 Å². The highest BCUT2D eigenvalue weighted by Crippen LogP contribution is 2.42. The molecule has 7 nitrogen and oxygen atoms in total. The maximum Gasteiger partial charge on any atom is 0.408 e. The van der Waals surface area contributed by atoms with Crippen LogP contribution in [0.15, 0.2) is 42.5 Å². The molecule has 7 heteroatoms. The summed E-state index contributed by atoms with van der Waals surface area (Å²) in [6.07, 6.45) is 0.142. The van der Waals surface area contributed by atoms with Crippen LogP contribution >= 0.6 is 0 Å². The van der Waals surface area contributed by atoms with E-state index < -0.39 is 23.8 Å². The number of hydrogen-bond acceptors (Lipinski definition) is 4. The first kappa shape index (κ1) is 29.2. The van der Waals surface area contributed by atoms with Crippen LogP contribution < -0.4 is 10.6 Å². The third kappa shape index (κ3) is 6.94. The van der Waals surface area contributed by atoms with Crippen molar-refractivity contribution in [1.82, 2.24) is 10.2 Å². The van der Waals surface area contributed by atoms with Crippen molar-refractivity contribution in [2.45, 2.75) is 92.5 Å². The second-order valence-electron chi connectivity index (χ2n) is 11.9. The van der Waals surface area contributed by atoms with E-state index in [2.05, 4.69) is 17.6 Å². The molecule has 1 aliphatic carbocycles. The summed E-state index contributed by atoms with van der Waals surface area (Å²) < 4.78 is 5.46. The molecule has 0 aliphatic heterocycles. The molecule has 0 heterocycles. The summed E-state index contributed by atoms with van der Waals surface area (Å²) in [5, 5.41) is 5.93. The molecular formula is C31H43N3O4. The Kier molecular flexibility index (Phi) is 8.90. The van der Waals surface area contributed by atoms with E-state index in [0.717, 1.165) is 34.4 Å². The molecule has 3 rings (SSSR count). The fourth-order valence-electron chi connectivity index (χ4n) is 4.80. The average Bonchev–Trinajstić information content (AvgIpc) is 3.52. The number of ether oxygens (including phenoxy) is 1. The number of anilines is 1. The third-order valence-corrected chi connectivity index (χ3v) is 7.02. The van der Waals surface area contributed by atoms with Crippen molar-refractivity contribution in [3.63, 3.8) is 0 Å². The Morgan fingerprint density at radius 1 is 0.947 bits per heavy atom. The fraction of sp³-hybridized carbons (Fsp3) is 0.516. The van der Waals surface area contributed by atoms with Gasteiger partial charge in [-0.1, -0.05) is 63.2 Å². The van der Waals surface area contributed by atoms with Gasteiger partial charge in [0.15, 0.2) is 0 Å². The number of para-hydroxylation sites is 1. The van der Waals surface area contributed by atoms with Gasteiger partial charge in [0.1, 0.15) is 17.7 Å². The van der Waals surface area contributed by atoms with Gasteiger partial charge in [-0.15, -0.1) is 0 Å². The summed E-state index contributed by atoms with van der Waals surface area (Å²) >= 11 is 0.